The molecule has 22 heavy (non-hydrogen) atoms. The molecule has 0 amide bonds. The third kappa shape index (κ3) is 3.46. The highest BCUT2D eigenvalue weighted by Crippen LogP contribution is 2.22. The van der Waals surface area contributed by atoms with Gasteiger partial charge in [0.1, 0.15) is 11.6 Å². The van der Waals surface area contributed by atoms with E-state index in [-0.39, 0.29) is 6.04 Å². The van der Waals surface area contributed by atoms with Gasteiger partial charge in [0.25, 0.3) is 0 Å². The van der Waals surface area contributed by atoms with Gasteiger partial charge in [-0.15, -0.1) is 0 Å². The first-order valence-corrected chi connectivity index (χ1v) is 7.64. The maximum absolute atomic E-state index is 5.88. The Labute approximate surface area is 130 Å². The number of hydrogen-bond donors (Lipinski definition) is 3. The minimum absolute atomic E-state index is 0.159. The molecular weight excluding hydrogens is 276 g/mol. The molecule has 1 aromatic carbocycles. The van der Waals surface area contributed by atoms with Crippen molar-refractivity contribution in [3.8, 4) is 0 Å². The lowest BCUT2D eigenvalue weighted by Gasteiger charge is -2.28. The quantitative estimate of drug-likeness (QED) is 0.796. The van der Waals surface area contributed by atoms with Gasteiger partial charge in [0.15, 0.2) is 0 Å². The summed E-state index contributed by atoms with van der Waals surface area (Å²) in [6, 6.07) is 12.4. The minimum atomic E-state index is 0.159. The van der Waals surface area contributed by atoms with Crippen molar-refractivity contribution >= 4 is 17.6 Å². The van der Waals surface area contributed by atoms with Gasteiger partial charge < -0.3 is 21.3 Å². The van der Waals surface area contributed by atoms with E-state index < -0.39 is 0 Å². The summed E-state index contributed by atoms with van der Waals surface area (Å²) in [6.45, 7) is 5.91. The van der Waals surface area contributed by atoms with E-state index in [0.717, 1.165) is 37.8 Å². The molecular formula is C16H22N6. The molecule has 1 aromatic heterocycles. The fraction of sp³-hybridized carbons (Fsp3) is 0.375. The molecule has 0 saturated carbocycles. The Morgan fingerprint density at radius 3 is 2.64 bits per heavy atom. The van der Waals surface area contributed by atoms with Crippen LogP contribution >= 0.6 is 0 Å². The molecule has 4 N–H and O–H groups in total. The summed E-state index contributed by atoms with van der Waals surface area (Å²) in [5.74, 6) is 1.95. The summed E-state index contributed by atoms with van der Waals surface area (Å²) in [5.41, 5.74) is 7.09. The molecule has 0 aliphatic carbocycles. The van der Waals surface area contributed by atoms with E-state index in [1.807, 2.05) is 24.3 Å². The molecule has 1 aliphatic rings. The molecule has 116 valence electrons. The highest BCUT2D eigenvalue weighted by molar-refractivity contribution is 5.53. The van der Waals surface area contributed by atoms with Gasteiger partial charge in [-0.25, -0.2) is 0 Å². The number of nitrogen functional groups attached to an aromatic ring is 1. The molecule has 1 fully saturated rings. The van der Waals surface area contributed by atoms with Crippen LogP contribution in [-0.4, -0.2) is 36.1 Å². The van der Waals surface area contributed by atoms with Crippen LogP contribution in [-0.2, 0) is 0 Å². The Bertz CT molecular complexity index is 609. The van der Waals surface area contributed by atoms with Gasteiger partial charge in [-0.1, -0.05) is 30.3 Å². The van der Waals surface area contributed by atoms with Crippen LogP contribution in [0.25, 0.3) is 0 Å². The first kappa shape index (κ1) is 14.6. The average Bonchev–Trinajstić information content (AvgIpc) is 2.56. The number of hydrogen-bond acceptors (Lipinski definition) is 6. The number of piperazine rings is 1. The highest BCUT2D eigenvalue weighted by Gasteiger charge is 2.14. The molecule has 2 heterocycles. The molecule has 0 spiro atoms. The summed E-state index contributed by atoms with van der Waals surface area (Å²) in [7, 11) is 0. The third-order valence-corrected chi connectivity index (χ3v) is 3.83. The maximum Gasteiger partial charge on any atom is 0.223 e. The van der Waals surface area contributed by atoms with E-state index >= 15 is 0 Å². The van der Waals surface area contributed by atoms with Crippen molar-refractivity contribution in [1.29, 1.82) is 0 Å². The predicted molar refractivity (Wildman–Crippen MR) is 90.0 cm³/mol. The second-order valence-electron chi connectivity index (χ2n) is 5.48. The molecule has 0 radical (unpaired) electrons. The van der Waals surface area contributed by atoms with E-state index in [1.165, 1.54) is 5.56 Å². The molecule has 1 aliphatic heterocycles. The van der Waals surface area contributed by atoms with Gasteiger partial charge in [-0.3, -0.25) is 0 Å². The van der Waals surface area contributed by atoms with Crippen LogP contribution in [0.4, 0.5) is 17.6 Å². The zero-order chi connectivity index (χ0) is 15.4. The van der Waals surface area contributed by atoms with Crippen LogP contribution < -0.4 is 21.3 Å². The standard InChI is InChI=1S/C16H22N6/c1-12(13-5-3-2-4-6-13)19-14-11-15(21-16(17)20-14)22-9-7-18-8-10-22/h2-6,11-12,18H,7-10H2,1H3,(H3,17,19,20,21). The van der Waals surface area contributed by atoms with Gasteiger partial charge in [0.2, 0.25) is 5.95 Å². The van der Waals surface area contributed by atoms with Crippen molar-refractivity contribution in [1.82, 2.24) is 15.3 Å². The lowest BCUT2D eigenvalue weighted by molar-refractivity contribution is 0.585. The van der Waals surface area contributed by atoms with E-state index in [0.29, 0.717) is 5.95 Å². The second kappa shape index (κ2) is 6.62. The number of aromatic nitrogens is 2. The Morgan fingerprint density at radius 2 is 1.91 bits per heavy atom. The predicted octanol–water partition coefficient (Wildman–Crippen LogP) is 1.64. The molecule has 6 nitrogen and oxygen atoms in total. The van der Waals surface area contributed by atoms with E-state index in [9.17, 15) is 0 Å². The van der Waals surface area contributed by atoms with Crippen molar-refractivity contribution in [2.24, 2.45) is 0 Å². The minimum Gasteiger partial charge on any atom is -0.368 e. The number of anilines is 3. The zero-order valence-corrected chi connectivity index (χ0v) is 12.8. The van der Waals surface area contributed by atoms with Gasteiger partial charge >= 0.3 is 0 Å². The number of benzene rings is 1. The summed E-state index contributed by atoms with van der Waals surface area (Å²) >= 11 is 0. The average molecular weight is 298 g/mol. The summed E-state index contributed by atoms with van der Waals surface area (Å²) in [6.07, 6.45) is 0. The smallest absolute Gasteiger partial charge is 0.223 e. The van der Waals surface area contributed by atoms with Crippen molar-refractivity contribution in [3.63, 3.8) is 0 Å². The number of nitrogens with one attached hydrogen (secondary N) is 2. The SMILES string of the molecule is CC(Nc1cc(N2CCNCC2)nc(N)n1)c1ccccc1. The number of nitrogens with two attached hydrogens (primary N) is 1. The van der Waals surface area contributed by atoms with Crippen LogP contribution in [0.1, 0.15) is 18.5 Å². The van der Waals surface area contributed by atoms with Crippen LogP contribution in [0.3, 0.4) is 0 Å². The van der Waals surface area contributed by atoms with Crippen LogP contribution in [0, 0.1) is 0 Å². The first-order valence-electron chi connectivity index (χ1n) is 7.64. The summed E-state index contributed by atoms with van der Waals surface area (Å²) in [5, 5.41) is 6.74. The number of rotatable bonds is 4. The molecule has 1 saturated heterocycles. The Morgan fingerprint density at radius 1 is 1.18 bits per heavy atom. The maximum atomic E-state index is 5.88. The van der Waals surface area contributed by atoms with Gasteiger partial charge in [-0.05, 0) is 12.5 Å². The molecule has 3 rings (SSSR count). The van der Waals surface area contributed by atoms with Gasteiger partial charge in [0.05, 0.1) is 0 Å². The third-order valence-electron chi connectivity index (χ3n) is 3.83. The Kier molecular flexibility index (Phi) is 4.39. The molecule has 0 bridgehead atoms. The van der Waals surface area contributed by atoms with Gasteiger partial charge in [0, 0.05) is 38.3 Å². The fourth-order valence-corrected chi connectivity index (χ4v) is 2.63. The van der Waals surface area contributed by atoms with Crippen LogP contribution in [0.15, 0.2) is 36.4 Å². The number of nitrogens with zero attached hydrogens (tertiary/aromatic N) is 3. The molecule has 6 heteroatoms. The Hall–Kier alpha value is -2.34. The van der Waals surface area contributed by atoms with E-state index in [4.69, 9.17) is 5.73 Å². The topological polar surface area (TPSA) is 79.1 Å². The van der Waals surface area contributed by atoms with Crippen molar-refractivity contribution in [3.05, 3.63) is 42.0 Å². The molecule has 1 unspecified atom stereocenters. The second-order valence-corrected chi connectivity index (χ2v) is 5.48. The van der Waals surface area contributed by atoms with Crippen LogP contribution in [0.2, 0.25) is 0 Å². The Balaban J connectivity index is 1.77. The highest BCUT2D eigenvalue weighted by atomic mass is 15.3. The monoisotopic (exact) mass is 298 g/mol. The van der Waals surface area contributed by atoms with Gasteiger partial charge in [-0.2, -0.15) is 9.97 Å². The summed E-state index contributed by atoms with van der Waals surface area (Å²) in [4.78, 5) is 10.9. The molecule has 1 atom stereocenters. The van der Waals surface area contributed by atoms with E-state index in [2.05, 4.69) is 44.6 Å². The lowest BCUT2D eigenvalue weighted by atomic mass is 10.1. The van der Waals surface area contributed by atoms with Crippen molar-refractivity contribution < 1.29 is 0 Å². The fourth-order valence-electron chi connectivity index (χ4n) is 2.63. The lowest BCUT2D eigenvalue weighted by Crippen LogP contribution is -2.44. The van der Waals surface area contributed by atoms with Crippen molar-refractivity contribution in [2.45, 2.75) is 13.0 Å². The van der Waals surface area contributed by atoms with Crippen LogP contribution in [0.5, 0.6) is 0 Å². The largest absolute Gasteiger partial charge is 0.368 e. The summed E-state index contributed by atoms with van der Waals surface area (Å²) < 4.78 is 0. The van der Waals surface area contributed by atoms with E-state index in [1.54, 1.807) is 0 Å². The molecule has 2 aromatic rings. The van der Waals surface area contributed by atoms with Crippen molar-refractivity contribution in [2.75, 3.05) is 42.1 Å². The zero-order valence-electron chi connectivity index (χ0n) is 12.8. The normalized spacial score (nSPS) is 16.3. The first-order chi connectivity index (χ1) is 10.7.